The minimum atomic E-state index is -0.367. The summed E-state index contributed by atoms with van der Waals surface area (Å²) < 4.78 is 10.8. The summed E-state index contributed by atoms with van der Waals surface area (Å²) in [5.74, 6) is 1.19. The normalized spacial score (nSPS) is 11.8. The van der Waals surface area contributed by atoms with E-state index >= 15 is 0 Å². The summed E-state index contributed by atoms with van der Waals surface area (Å²) in [6.45, 7) is 3.88. The first-order valence-corrected chi connectivity index (χ1v) is 8.69. The Hall–Kier alpha value is -2.86. The van der Waals surface area contributed by atoms with E-state index < -0.39 is 0 Å². The molecule has 0 bridgehead atoms. The van der Waals surface area contributed by atoms with Crippen LogP contribution in [0, 0.1) is 0 Å². The van der Waals surface area contributed by atoms with Crippen LogP contribution in [0.25, 0.3) is 0 Å². The van der Waals surface area contributed by atoms with Crippen molar-refractivity contribution in [2.75, 3.05) is 26.6 Å². The second-order valence-corrected chi connectivity index (χ2v) is 6.37. The van der Waals surface area contributed by atoms with Gasteiger partial charge in [0, 0.05) is 23.4 Å². The predicted octanol–water partition coefficient (Wildman–Crippen LogP) is 3.37. The van der Waals surface area contributed by atoms with Crippen molar-refractivity contribution >= 4 is 17.4 Å². The first kappa shape index (κ1) is 20.5. The number of rotatable bonds is 8. The second kappa shape index (κ2) is 9.19. The van der Waals surface area contributed by atoms with Gasteiger partial charge in [0.15, 0.2) is 17.3 Å². The number of carbonyl (C=O) groups excluding carboxylic acids is 2. The number of amides is 1. The molecule has 0 aromatic heterocycles. The van der Waals surface area contributed by atoms with Crippen molar-refractivity contribution < 1.29 is 19.1 Å². The van der Waals surface area contributed by atoms with Gasteiger partial charge in [-0.3, -0.25) is 14.5 Å². The monoisotopic (exact) mass is 370 g/mol. The summed E-state index contributed by atoms with van der Waals surface area (Å²) in [4.78, 5) is 25.8. The molecule has 0 fully saturated rings. The zero-order valence-electron chi connectivity index (χ0n) is 16.4. The van der Waals surface area contributed by atoms with E-state index in [4.69, 9.17) is 9.47 Å². The maximum Gasteiger partial charge on any atom is 0.241 e. The molecule has 0 aliphatic carbocycles. The third-order valence-corrected chi connectivity index (χ3v) is 4.50. The highest BCUT2D eigenvalue weighted by molar-refractivity contribution is 5.96. The first-order chi connectivity index (χ1) is 12.9. The quantitative estimate of drug-likeness (QED) is 0.722. The summed E-state index contributed by atoms with van der Waals surface area (Å²) in [6.07, 6.45) is 0. The van der Waals surface area contributed by atoms with Crippen LogP contribution in [0.1, 0.15) is 29.8 Å². The number of ketones is 1. The van der Waals surface area contributed by atoms with E-state index in [2.05, 4.69) is 5.32 Å². The third kappa shape index (κ3) is 5.08. The van der Waals surface area contributed by atoms with Gasteiger partial charge >= 0.3 is 0 Å². The summed E-state index contributed by atoms with van der Waals surface area (Å²) in [5, 5.41) is 2.88. The topological polar surface area (TPSA) is 67.9 Å². The molecular weight excluding hydrogens is 344 g/mol. The van der Waals surface area contributed by atoms with E-state index in [1.165, 1.54) is 6.92 Å². The maximum absolute atomic E-state index is 12.6. The van der Waals surface area contributed by atoms with Crippen LogP contribution in [0.4, 0.5) is 5.69 Å². The number of para-hydroxylation sites is 1. The molecule has 2 aromatic rings. The van der Waals surface area contributed by atoms with Crippen LogP contribution < -0.4 is 14.8 Å². The minimum Gasteiger partial charge on any atom is -0.493 e. The van der Waals surface area contributed by atoms with Crippen molar-refractivity contribution in [2.24, 2.45) is 0 Å². The van der Waals surface area contributed by atoms with Crippen LogP contribution in [-0.4, -0.2) is 43.9 Å². The van der Waals surface area contributed by atoms with E-state index in [9.17, 15) is 9.59 Å². The number of hydrogen-bond donors (Lipinski definition) is 1. The molecule has 144 valence electrons. The number of nitrogens with zero attached hydrogens (tertiary/aromatic N) is 1. The molecule has 0 saturated carbocycles. The van der Waals surface area contributed by atoms with Crippen molar-refractivity contribution in [3.05, 3.63) is 53.6 Å². The van der Waals surface area contributed by atoms with Gasteiger partial charge in [-0.2, -0.15) is 0 Å². The van der Waals surface area contributed by atoms with Gasteiger partial charge in [0.1, 0.15) is 0 Å². The highest BCUT2D eigenvalue weighted by Gasteiger charge is 2.20. The Bertz CT molecular complexity index is 802. The van der Waals surface area contributed by atoms with Crippen LogP contribution in [-0.2, 0) is 11.3 Å². The van der Waals surface area contributed by atoms with Gasteiger partial charge in [0.05, 0.1) is 20.3 Å². The average Bonchev–Trinajstić information content (AvgIpc) is 2.67. The molecule has 1 atom stereocenters. The number of ether oxygens (including phenoxy) is 2. The number of Topliss-reactive ketones (excluding diaryl/α,β-unsaturated/α-hetero) is 1. The smallest absolute Gasteiger partial charge is 0.241 e. The van der Waals surface area contributed by atoms with E-state index in [1.54, 1.807) is 38.5 Å². The Morgan fingerprint density at radius 1 is 1.07 bits per heavy atom. The Kier molecular flexibility index (Phi) is 6.96. The molecule has 0 radical (unpaired) electrons. The summed E-state index contributed by atoms with van der Waals surface area (Å²) in [7, 11) is 5.07. The number of anilines is 1. The molecule has 0 aliphatic rings. The minimum absolute atomic E-state index is 0.00628. The summed E-state index contributed by atoms with van der Waals surface area (Å²) in [5.41, 5.74) is 2.21. The fourth-order valence-electron chi connectivity index (χ4n) is 2.72. The molecule has 2 aromatic carbocycles. The molecule has 27 heavy (non-hydrogen) atoms. The Balaban J connectivity index is 2.05. The zero-order chi connectivity index (χ0) is 20.0. The maximum atomic E-state index is 12.6. The molecule has 0 saturated heterocycles. The molecule has 0 spiro atoms. The van der Waals surface area contributed by atoms with Gasteiger partial charge in [-0.05, 0) is 51.2 Å². The largest absolute Gasteiger partial charge is 0.493 e. The van der Waals surface area contributed by atoms with Gasteiger partial charge < -0.3 is 14.8 Å². The van der Waals surface area contributed by atoms with E-state index in [1.807, 2.05) is 37.1 Å². The lowest BCUT2D eigenvalue weighted by atomic mass is 10.1. The standard InChI is InChI=1S/C21H26N2O4/c1-14(21(25)22-18-11-9-16(10-12-18)15(2)24)23(3)13-17-7-6-8-19(26-4)20(17)27-5/h6-12,14H,13H2,1-5H3,(H,22,25)/t14-/m0/s1. The van der Waals surface area contributed by atoms with Crippen molar-refractivity contribution in [1.82, 2.24) is 4.90 Å². The van der Waals surface area contributed by atoms with Crippen LogP contribution >= 0.6 is 0 Å². The third-order valence-electron chi connectivity index (χ3n) is 4.50. The molecule has 6 nitrogen and oxygen atoms in total. The Morgan fingerprint density at radius 2 is 1.74 bits per heavy atom. The van der Waals surface area contributed by atoms with Crippen molar-refractivity contribution in [1.29, 1.82) is 0 Å². The fourth-order valence-corrected chi connectivity index (χ4v) is 2.72. The van der Waals surface area contributed by atoms with Crippen molar-refractivity contribution in [3.8, 4) is 11.5 Å². The SMILES string of the molecule is COc1cccc(CN(C)[C@@H](C)C(=O)Nc2ccc(C(C)=O)cc2)c1OC. The molecule has 1 amide bonds. The average molecular weight is 370 g/mol. The molecule has 0 aliphatic heterocycles. The number of carbonyl (C=O) groups is 2. The fraction of sp³-hybridized carbons (Fsp3) is 0.333. The van der Waals surface area contributed by atoms with Crippen LogP contribution in [0.3, 0.4) is 0 Å². The molecular formula is C21H26N2O4. The molecule has 1 N–H and O–H groups in total. The van der Waals surface area contributed by atoms with E-state index in [0.29, 0.717) is 29.3 Å². The lowest BCUT2D eigenvalue weighted by molar-refractivity contribution is -0.120. The molecule has 2 rings (SSSR count). The molecule has 6 heteroatoms. The van der Waals surface area contributed by atoms with Crippen LogP contribution in [0.5, 0.6) is 11.5 Å². The summed E-state index contributed by atoms with van der Waals surface area (Å²) >= 11 is 0. The van der Waals surface area contributed by atoms with E-state index in [0.717, 1.165) is 5.56 Å². The van der Waals surface area contributed by atoms with E-state index in [-0.39, 0.29) is 17.7 Å². The van der Waals surface area contributed by atoms with Crippen molar-refractivity contribution in [3.63, 3.8) is 0 Å². The van der Waals surface area contributed by atoms with Gasteiger partial charge in [-0.25, -0.2) is 0 Å². The Labute approximate surface area is 160 Å². The van der Waals surface area contributed by atoms with Gasteiger partial charge in [0.25, 0.3) is 0 Å². The highest BCUT2D eigenvalue weighted by Crippen LogP contribution is 2.31. The van der Waals surface area contributed by atoms with Gasteiger partial charge in [-0.15, -0.1) is 0 Å². The lowest BCUT2D eigenvalue weighted by Crippen LogP contribution is -2.39. The molecule has 0 unspecified atom stereocenters. The van der Waals surface area contributed by atoms with Gasteiger partial charge in [0.2, 0.25) is 5.91 Å². The number of methoxy groups -OCH3 is 2. The molecule has 0 heterocycles. The highest BCUT2D eigenvalue weighted by atomic mass is 16.5. The lowest BCUT2D eigenvalue weighted by Gasteiger charge is -2.25. The number of benzene rings is 2. The van der Waals surface area contributed by atoms with Crippen LogP contribution in [0.2, 0.25) is 0 Å². The second-order valence-electron chi connectivity index (χ2n) is 6.37. The Morgan fingerprint density at radius 3 is 2.30 bits per heavy atom. The first-order valence-electron chi connectivity index (χ1n) is 8.69. The van der Waals surface area contributed by atoms with Crippen LogP contribution in [0.15, 0.2) is 42.5 Å². The zero-order valence-corrected chi connectivity index (χ0v) is 16.4. The number of likely N-dealkylation sites (N-methyl/N-ethyl adjacent to an activating group) is 1. The number of nitrogens with one attached hydrogen (secondary N) is 1. The number of hydrogen-bond acceptors (Lipinski definition) is 5. The summed E-state index contributed by atoms with van der Waals surface area (Å²) in [6, 6.07) is 12.2. The predicted molar refractivity (Wildman–Crippen MR) is 106 cm³/mol. The van der Waals surface area contributed by atoms with Crippen molar-refractivity contribution in [2.45, 2.75) is 26.4 Å². The van der Waals surface area contributed by atoms with Gasteiger partial charge in [-0.1, -0.05) is 12.1 Å².